The van der Waals surface area contributed by atoms with Crippen LogP contribution in [0.2, 0.25) is 10.0 Å². The number of anilines is 1. The van der Waals surface area contributed by atoms with Crippen LogP contribution in [0.1, 0.15) is 12.5 Å². The zero-order valence-corrected chi connectivity index (χ0v) is 15.0. The molecule has 140 valence electrons. The van der Waals surface area contributed by atoms with Crippen LogP contribution in [0.3, 0.4) is 0 Å². The van der Waals surface area contributed by atoms with Crippen molar-refractivity contribution in [2.75, 3.05) is 23.9 Å². The van der Waals surface area contributed by atoms with E-state index in [0.717, 1.165) is 4.31 Å². The molecule has 0 amide bonds. The highest BCUT2D eigenvalue weighted by atomic mass is 35.5. The number of carbonyl (C=O) groups is 1. The lowest BCUT2D eigenvalue weighted by Gasteiger charge is -2.39. The van der Waals surface area contributed by atoms with E-state index in [2.05, 4.69) is 0 Å². The topological polar surface area (TPSA) is 77.9 Å². The summed E-state index contributed by atoms with van der Waals surface area (Å²) < 4.78 is 65.2. The smallest absolute Gasteiger partial charge is 0.416 e. The van der Waals surface area contributed by atoms with Gasteiger partial charge < -0.3 is 5.11 Å². The average Bonchev–Trinajstić information content (AvgIpc) is 2.41. The monoisotopic (exact) mass is 420 g/mol. The maximum atomic E-state index is 12.8. The number of halogens is 5. The van der Waals surface area contributed by atoms with Gasteiger partial charge in [0.2, 0.25) is 0 Å². The molecule has 12 heteroatoms. The summed E-state index contributed by atoms with van der Waals surface area (Å²) in [4.78, 5) is 10.9. The molecule has 1 unspecified atom stereocenters. The Balaban J connectivity index is 2.54. The van der Waals surface area contributed by atoms with Gasteiger partial charge in [-0.05, 0) is 18.1 Å². The van der Waals surface area contributed by atoms with E-state index in [1.54, 1.807) is 6.92 Å². The Hall–Kier alpha value is -1.23. The van der Waals surface area contributed by atoms with E-state index >= 15 is 0 Å². The Morgan fingerprint density at radius 3 is 2.24 bits per heavy atom. The maximum Gasteiger partial charge on any atom is 0.416 e. The first-order valence-electron chi connectivity index (χ1n) is 6.90. The summed E-state index contributed by atoms with van der Waals surface area (Å²) in [6.07, 6.45) is -4.70. The van der Waals surface area contributed by atoms with Gasteiger partial charge in [0, 0.05) is 13.1 Å². The van der Waals surface area contributed by atoms with Crippen LogP contribution in [0, 0.1) is 5.92 Å². The molecule has 6 nitrogen and oxygen atoms in total. The normalized spacial score (nSPS) is 21.4. The van der Waals surface area contributed by atoms with Gasteiger partial charge in [-0.3, -0.25) is 9.10 Å². The third-order valence-corrected chi connectivity index (χ3v) is 5.90. The second-order valence-corrected chi connectivity index (χ2v) is 8.28. The number of carboxylic acids is 1. The van der Waals surface area contributed by atoms with Gasteiger partial charge in [0.05, 0.1) is 21.3 Å². The van der Waals surface area contributed by atoms with Crippen molar-refractivity contribution in [2.45, 2.75) is 13.1 Å². The van der Waals surface area contributed by atoms with Crippen LogP contribution < -0.4 is 4.31 Å². The van der Waals surface area contributed by atoms with E-state index in [1.165, 1.54) is 0 Å². The quantitative estimate of drug-likeness (QED) is 0.814. The Labute approximate surface area is 151 Å². The molecular formula is C13H13Cl2F3N2O4S. The lowest BCUT2D eigenvalue weighted by molar-refractivity contribution is -0.138. The van der Waals surface area contributed by atoms with Crippen molar-refractivity contribution in [3.05, 3.63) is 27.7 Å². The van der Waals surface area contributed by atoms with E-state index in [0.29, 0.717) is 16.4 Å². The fourth-order valence-corrected chi connectivity index (χ4v) is 5.14. The zero-order chi connectivity index (χ0) is 19.2. The van der Waals surface area contributed by atoms with Gasteiger partial charge in [0.25, 0.3) is 0 Å². The van der Waals surface area contributed by atoms with Gasteiger partial charge in [0.15, 0.2) is 0 Å². The van der Waals surface area contributed by atoms with E-state index in [-0.39, 0.29) is 24.7 Å². The summed E-state index contributed by atoms with van der Waals surface area (Å²) >= 11 is 11.8. The number of carboxylic acid groups (broad SMARTS) is 1. The fraction of sp³-hybridized carbons (Fsp3) is 0.462. The van der Waals surface area contributed by atoms with E-state index in [1.807, 2.05) is 0 Å². The molecule has 25 heavy (non-hydrogen) atoms. The number of nitrogens with zero attached hydrogens (tertiary/aromatic N) is 2. The molecule has 1 aromatic carbocycles. The largest absolute Gasteiger partial charge is 0.480 e. The van der Waals surface area contributed by atoms with E-state index in [9.17, 15) is 26.4 Å². The molecule has 0 bridgehead atoms. The molecule has 1 atom stereocenters. The Morgan fingerprint density at radius 2 is 1.80 bits per heavy atom. The Bertz CT molecular complexity index is 778. The third kappa shape index (κ3) is 4.13. The molecule has 0 aliphatic carbocycles. The predicted octanol–water partition coefficient (Wildman–Crippen LogP) is 3.10. The van der Waals surface area contributed by atoms with Crippen molar-refractivity contribution in [1.82, 2.24) is 4.31 Å². The Morgan fingerprint density at radius 1 is 1.28 bits per heavy atom. The molecule has 1 N–H and O–H groups in total. The summed E-state index contributed by atoms with van der Waals surface area (Å²) in [5.41, 5.74) is -1.42. The molecule has 1 aromatic rings. The highest BCUT2D eigenvalue weighted by Gasteiger charge is 2.41. The molecule has 1 heterocycles. The number of hydrogen-bond donors (Lipinski definition) is 1. The first-order valence-corrected chi connectivity index (χ1v) is 9.05. The maximum absolute atomic E-state index is 12.8. The van der Waals surface area contributed by atoms with Crippen LogP contribution in [0.4, 0.5) is 18.9 Å². The zero-order valence-electron chi connectivity index (χ0n) is 12.7. The molecular weight excluding hydrogens is 408 g/mol. The fourth-order valence-electron chi connectivity index (χ4n) is 2.49. The van der Waals surface area contributed by atoms with Crippen molar-refractivity contribution < 1.29 is 31.5 Å². The summed E-state index contributed by atoms with van der Waals surface area (Å²) in [5.74, 6) is -1.65. The van der Waals surface area contributed by atoms with E-state index < -0.39 is 44.5 Å². The first kappa shape index (κ1) is 20.1. The second kappa shape index (κ2) is 6.82. The minimum atomic E-state index is -4.70. The number of alkyl halides is 3. The molecule has 1 aliphatic heterocycles. The van der Waals surface area contributed by atoms with Crippen molar-refractivity contribution in [1.29, 1.82) is 0 Å². The summed E-state index contributed by atoms with van der Waals surface area (Å²) in [5, 5.41) is 7.89. The first-order chi connectivity index (χ1) is 11.3. The highest BCUT2D eigenvalue weighted by Crippen LogP contribution is 2.42. The Kier molecular flexibility index (Phi) is 5.48. The van der Waals surface area contributed by atoms with Crippen molar-refractivity contribution >= 4 is 45.1 Å². The SMILES string of the molecule is CC1CN(CC(=O)O)S(=O)(=O)N(c2c(Cl)cc(C(F)(F)F)cc2Cl)C1. The molecule has 0 aromatic heterocycles. The second-order valence-electron chi connectivity index (χ2n) is 5.62. The lowest BCUT2D eigenvalue weighted by Crippen LogP contribution is -2.54. The molecule has 0 spiro atoms. The number of benzene rings is 1. The number of aliphatic carboxylic acids is 1. The minimum Gasteiger partial charge on any atom is -0.480 e. The van der Waals surface area contributed by atoms with Crippen molar-refractivity contribution in [2.24, 2.45) is 5.92 Å². The summed E-state index contributed by atoms with van der Waals surface area (Å²) in [6, 6.07) is 1.16. The highest BCUT2D eigenvalue weighted by molar-refractivity contribution is 7.90. The predicted molar refractivity (Wildman–Crippen MR) is 86.1 cm³/mol. The molecule has 0 saturated carbocycles. The molecule has 1 saturated heterocycles. The van der Waals surface area contributed by atoms with Gasteiger partial charge in [-0.2, -0.15) is 25.9 Å². The van der Waals surface area contributed by atoms with Crippen LogP contribution in [0.25, 0.3) is 0 Å². The standard InChI is InChI=1S/C13H13Cl2F3N2O4S/c1-7-4-19(6-11(21)22)25(23,24)20(5-7)12-9(14)2-8(3-10(12)15)13(16,17)18/h2-3,7H,4-6H2,1H3,(H,21,22). The van der Waals surface area contributed by atoms with Gasteiger partial charge in [-0.25, -0.2) is 0 Å². The number of hydrogen-bond acceptors (Lipinski definition) is 3. The molecule has 1 fully saturated rings. The van der Waals surface area contributed by atoms with Gasteiger partial charge in [-0.1, -0.05) is 30.1 Å². The number of rotatable bonds is 3. The van der Waals surface area contributed by atoms with Crippen LogP contribution in [-0.2, 0) is 21.2 Å². The van der Waals surface area contributed by atoms with Gasteiger partial charge in [-0.15, -0.1) is 0 Å². The summed E-state index contributed by atoms with van der Waals surface area (Å²) in [7, 11) is -4.30. The third-order valence-electron chi connectivity index (χ3n) is 3.50. The minimum absolute atomic E-state index is 0.0407. The van der Waals surface area contributed by atoms with Gasteiger partial charge in [0.1, 0.15) is 6.54 Å². The van der Waals surface area contributed by atoms with Crippen molar-refractivity contribution in [3.63, 3.8) is 0 Å². The van der Waals surface area contributed by atoms with E-state index in [4.69, 9.17) is 28.3 Å². The molecule has 2 rings (SSSR count). The van der Waals surface area contributed by atoms with Crippen LogP contribution in [-0.4, -0.2) is 43.4 Å². The molecule has 0 radical (unpaired) electrons. The lowest BCUT2D eigenvalue weighted by atomic mass is 10.1. The van der Waals surface area contributed by atoms with Crippen molar-refractivity contribution in [3.8, 4) is 0 Å². The van der Waals surface area contributed by atoms with Gasteiger partial charge >= 0.3 is 22.4 Å². The van der Waals surface area contributed by atoms with Crippen LogP contribution in [0.5, 0.6) is 0 Å². The molecule has 1 aliphatic rings. The van der Waals surface area contributed by atoms with Crippen LogP contribution in [0.15, 0.2) is 12.1 Å². The summed E-state index contributed by atoms with van der Waals surface area (Å²) in [6.45, 7) is 0.756. The average molecular weight is 421 g/mol. The van der Waals surface area contributed by atoms with Crippen LogP contribution >= 0.6 is 23.2 Å².